The topological polar surface area (TPSA) is 24.9 Å². The molecule has 0 aliphatic carbocycles. The van der Waals surface area contributed by atoms with Crippen LogP contribution in [0.1, 0.15) is 35.5 Å². The van der Waals surface area contributed by atoms with E-state index in [9.17, 15) is 0 Å². The third-order valence-corrected chi connectivity index (χ3v) is 4.44. The number of hydrogen-bond acceptors (Lipinski definition) is 2. The summed E-state index contributed by atoms with van der Waals surface area (Å²) in [4.78, 5) is 4.54. The van der Waals surface area contributed by atoms with Crippen LogP contribution >= 0.6 is 39.1 Å². The lowest BCUT2D eigenvalue weighted by Crippen LogP contribution is -2.12. The first-order valence-electron chi connectivity index (χ1n) is 6.65. The number of pyridine rings is 1. The van der Waals surface area contributed by atoms with Crippen LogP contribution in [0.5, 0.6) is 0 Å². The molecule has 1 atom stereocenters. The molecule has 2 aromatic rings. The molecule has 0 saturated carbocycles. The van der Waals surface area contributed by atoms with Gasteiger partial charge in [-0.3, -0.25) is 4.98 Å². The van der Waals surface area contributed by atoms with E-state index in [-0.39, 0.29) is 6.04 Å². The molecule has 2 nitrogen and oxygen atoms in total. The fourth-order valence-corrected chi connectivity index (χ4v) is 3.97. The summed E-state index contributed by atoms with van der Waals surface area (Å²) in [6.45, 7) is 8.21. The summed E-state index contributed by atoms with van der Waals surface area (Å²) in [6, 6.07) is 5.81. The summed E-state index contributed by atoms with van der Waals surface area (Å²) in [5, 5.41) is 4.59. The largest absolute Gasteiger partial charge is 0.376 e. The first-order chi connectivity index (χ1) is 9.79. The Hall–Kier alpha value is -0.770. The van der Waals surface area contributed by atoms with Gasteiger partial charge in [0, 0.05) is 15.9 Å². The van der Waals surface area contributed by atoms with Crippen LogP contribution in [0.3, 0.4) is 0 Å². The molecule has 2 rings (SSSR count). The molecule has 1 N–H and O–H groups in total. The fraction of sp³-hybridized carbons (Fsp3) is 0.312. The Bertz CT molecular complexity index is 640. The number of nitrogens with one attached hydrogen (secondary N) is 1. The van der Waals surface area contributed by atoms with Gasteiger partial charge >= 0.3 is 0 Å². The molecule has 0 saturated heterocycles. The van der Waals surface area contributed by atoms with Gasteiger partial charge in [-0.25, -0.2) is 0 Å². The minimum absolute atomic E-state index is 0.0641. The maximum Gasteiger partial charge on any atom is 0.0724 e. The van der Waals surface area contributed by atoms with Gasteiger partial charge in [0.2, 0.25) is 0 Å². The third-order valence-electron chi connectivity index (χ3n) is 3.38. The Balaban J connectivity index is 2.37. The lowest BCUT2D eigenvalue weighted by molar-refractivity contribution is 0.843. The van der Waals surface area contributed by atoms with E-state index in [1.54, 1.807) is 0 Å². The van der Waals surface area contributed by atoms with Crippen molar-refractivity contribution in [3.63, 3.8) is 0 Å². The number of halogens is 3. The molecule has 0 radical (unpaired) electrons. The Kier molecular flexibility index (Phi) is 5.18. The number of hydrogen-bond donors (Lipinski definition) is 1. The highest BCUT2D eigenvalue weighted by Gasteiger charge is 2.16. The van der Waals surface area contributed by atoms with Crippen molar-refractivity contribution >= 4 is 44.8 Å². The van der Waals surface area contributed by atoms with Gasteiger partial charge in [0.1, 0.15) is 0 Å². The lowest BCUT2D eigenvalue weighted by Gasteiger charge is -2.21. The number of aryl methyl sites for hydroxylation is 3. The Morgan fingerprint density at radius 2 is 1.67 bits per heavy atom. The van der Waals surface area contributed by atoms with Crippen molar-refractivity contribution in [2.45, 2.75) is 33.7 Å². The predicted molar refractivity (Wildman–Crippen MR) is 94.6 cm³/mol. The van der Waals surface area contributed by atoms with Gasteiger partial charge in [-0.1, -0.05) is 39.1 Å². The standard InChI is InChI=1S/C16H17BrCl2N2/c1-8-5-9(2)20-10(3)15(8)11(4)21-16-13(18)6-12(17)7-14(16)19/h5-7,11,21H,1-4H3. The molecule has 1 unspecified atom stereocenters. The average Bonchev–Trinajstić information content (AvgIpc) is 2.32. The minimum Gasteiger partial charge on any atom is -0.376 e. The predicted octanol–water partition coefficient (Wildman–Crippen LogP) is 6.25. The summed E-state index contributed by atoms with van der Waals surface area (Å²) < 4.78 is 0.861. The highest BCUT2D eigenvalue weighted by molar-refractivity contribution is 9.10. The van der Waals surface area contributed by atoms with Gasteiger partial charge in [-0.05, 0) is 57.0 Å². The molecular weight excluding hydrogens is 371 g/mol. The average molecular weight is 388 g/mol. The van der Waals surface area contributed by atoms with E-state index in [2.05, 4.69) is 46.1 Å². The summed E-state index contributed by atoms with van der Waals surface area (Å²) in [5.74, 6) is 0. The van der Waals surface area contributed by atoms with Crippen molar-refractivity contribution in [2.75, 3.05) is 5.32 Å². The molecule has 0 aliphatic rings. The fourth-order valence-electron chi connectivity index (χ4n) is 2.66. The second kappa shape index (κ2) is 6.55. The van der Waals surface area contributed by atoms with Gasteiger partial charge in [0.05, 0.1) is 21.8 Å². The SMILES string of the molecule is Cc1cc(C)c(C(C)Nc2c(Cl)cc(Br)cc2Cl)c(C)n1. The maximum absolute atomic E-state index is 6.28. The normalized spacial score (nSPS) is 12.3. The van der Waals surface area contributed by atoms with E-state index in [4.69, 9.17) is 23.2 Å². The van der Waals surface area contributed by atoms with Gasteiger partial charge in [-0.2, -0.15) is 0 Å². The number of anilines is 1. The minimum atomic E-state index is 0.0641. The van der Waals surface area contributed by atoms with Gasteiger partial charge in [-0.15, -0.1) is 0 Å². The van der Waals surface area contributed by atoms with E-state index in [1.165, 1.54) is 11.1 Å². The molecule has 0 fully saturated rings. The van der Waals surface area contributed by atoms with Crippen LogP contribution in [-0.4, -0.2) is 4.98 Å². The van der Waals surface area contributed by atoms with Gasteiger partial charge < -0.3 is 5.32 Å². The van der Waals surface area contributed by atoms with Crippen LogP contribution in [-0.2, 0) is 0 Å². The number of nitrogens with zero attached hydrogens (tertiary/aromatic N) is 1. The van der Waals surface area contributed by atoms with Crippen molar-refractivity contribution in [1.82, 2.24) is 4.98 Å². The van der Waals surface area contributed by atoms with Crippen LogP contribution < -0.4 is 5.32 Å². The van der Waals surface area contributed by atoms with Crippen molar-refractivity contribution in [1.29, 1.82) is 0 Å². The summed E-state index contributed by atoms with van der Waals surface area (Å²) >= 11 is 15.9. The summed E-state index contributed by atoms with van der Waals surface area (Å²) in [5.41, 5.74) is 5.19. The van der Waals surface area contributed by atoms with Crippen molar-refractivity contribution < 1.29 is 0 Å². The van der Waals surface area contributed by atoms with E-state index in [0.29, 0.717) is 10.0 Å². The first-order valence-corrected chi connectivity index (χ1v) is 8.20. The monoisotopic (exact) mass is 386 g/mol. The van der Waals surface area contributed by atoms with E-state index in [0.717, 1.165) is 21.5 Å². The second-order valence-electron chi connectivity index (χ2n) is 5.19. The molecule has 0 spiro atoms. The smallest absolute Gasteiger partial charge is 0.0724 e. The molecule has 112 valence electrons. The molecule has 1 aromatic carbocycles. The van der Waals surface area contributed by atoms with Crippen LogP contribution in [0, 0.1) is 20.8 Å². The van der Waals surface area contributed by atoms with Crippen LogP contribution in [0.25, 0.3) is 0 Å². The molecule has 5 heteroatoms. The van der Waals surface area contributed by atoms with Crippen molar-refractivity contribution in [3.05, 3.63) is 55.2 Å². The molecule has 1 aromatic heterocycles. The number of rotatable bonds is 3. The van der Waals surface area contributed by atoms with E-state index in [1.807, 2.05) is 26.0 Å². The molecule has 21 heavy (non-hydrogen) atoms. The van der Waals surface area contributed by atoms with Crippen LogP contribution in [0.15, 0.2) is 22.7 Å². The summed E-state index contributed by atoms with van der Waals surface area (Å²) in [6.07, 6.45) is 0. The molecular formula is C16H17BrCl2N2. The van der Waals surface area contributed by atoms with Crippen LogP contribution in [0.4, 0.5) is 5.69 Å². The molecule has 1 heterocycles. The zero-order valence-electron chi connectivity index (χ0n) is 12.4. The first kappa shape index (κ1) is 16.6. The Morgan fingerprint density at radius 1 is 1.10 bits per heavy atom. The quantitative estimate of drug-likeness (QED) is 0.673. The lowest BCUT2D eigenvalue weighted by atomic mass is 10.00. The van der Waals surface area contributed by atoms with Crippen LogP contribution in [0.2, 0.25) is 10.0 Å². The van der Waals surface area contributed by atoms with E-state index < -0.39 is 0 Å². The second-order valence-corrected chi connectivity index (χ2v) is 6.92. The van der Waals surface area contributed by atoms with Gasteiger partial charge in [0.25, 0.3) is 0 Å². The van der Waals surface area contributed by atoms with Crippen molar-refractivity contribution in [2.24, 2.45) is 0 Å². The van der Waals surface area contributed by atoms with Crippen molar-refractivity contribution in [3.8, 4) is 0 Å². The number of benzene rings is 1. The Labute approximate surface area is 144 Å². The summed E-state index contributed by atoms with van der Waals surface area (Å²) in [7, 11) is 0. The molecule has 0 amide bonds. The zero-order valence-corrected chi connectivity index (χ0v) is 15.5. The van der Waals surface area contributed by atoms with E-state index >= 15 is 0 Å². The molecule has 0 bridgehead atoms. The number of aromatic nitrogens is 1. The maximum atomic E-state index is 6.28. The van der Waals surface area contributed by atoms with Gasteiger partial charge in [0.15, 0.2) is 0 Å². The molecule has 0 aliphatic heterocycles. The Morgan fingerprint density at radius 3 is 2.19 bits per heavy atom. The highest BCUT2D eigenvalue weighted by Crippen LogP contribution is 2.36. The highest BCUT2D eigenvalue weighted by atomic mass is 79.9. The third kappa shape index (κ3) is 3.71. The zero-order chi connectivity index (χ0) is 15.7.